The van der Waals surface area contributed by atoms with Crippen molar-refractivity contribution in [2.24, 2.45) is 5.92 Å². The van der Waals surface area contributed by atoms with Gasteiger partial charge in [-0.25, -0.2) is 9.97 Å². The fourth-order valence-electron chi connectivity index (χ4n) is 2.18. The molecule has 5 nitrogen and oxygen atoms in total. The summed E-state index contributed by atoms with van der Waals surface area (Å²) in [6, 6.07) is 3.38. The lowest BCUT2D eigenvalue weighted by molar-refractivity contribution is -0.115. The summed E-state index contributed by atoms with van der Waals surface area (Å²) in [6.45, 7) is 11.2. The fourth-order valence-corrected chi connectivity index (χ4v) is 3.31. The van der Waals surface area contributed by atoms with Gasteiger partial charge in [-0.1, -0.05) is 37.2 Å². The van der Waals surface area contributed by atoms with Gasteiger partial charge in [0.05, 0.1) is 16.0 Å². The van der Waals surface area contributed by atoms with Crippen LogP contribution in [0.3, 0.4) is 0 Å². The molecule has 7 heteroatoms. The molecular weight excluding hydrogens is 344 g/mol. The molecule has 0 aliphatic carbocycles. The molecule has 1 unspecified atom stereocenters. The van der Waals surface area contributed by atoms with Crippen LogP contribution in [0.15, 0.2) is 23.5 Å². The van der Waals surface area contributed by atoms with Crippen LogP contribution in [0.4, 0.5) is 5.82 Å². The van der Waals surface area contributed by atoms with Crippen molar-refractivity contribution in [2.75, 3.05) is 5.32 Å². The van der Waals surface area contributed by atoms with E-state index in [2.05, 4.69) is 40.6 Å². The standard InChI is InChI=1S/C17H23ClN4OS/c1-10(2)9-22-12(4)11(3)20-17(22)24-13(5)16(23)21-15-7-6-14(18)8-19-15/h6-8,10,13H,9H2,1-5H3,(H,19,21,23). The molecule has 0 aliphatic rings. The van der Waals surface area contributed by atoms with E-state index in [0.717, 1.165) is 23.1 Å². The second kappa shape index (κ2) is 8.03. The van der Waals surface area contributed by atoms with Crippen LogP contribution >= 0.6 is 23.4 Å². The van der Waals surface area contributed by atoms with E-state index < -0.39 is 0 Å². The number of pyridine rings is 1. The van der Waals surface area contributed by atoms with Crippen LogP contribution in [0, 0.1) is 19.8 Å². The predicted octanol–water partition coefficient (Wildman–Crippen LogP) is 4.32. The number of anilines is 1. The largest absolute Gasteiger partial charge is 0.323 e. The monoisotopic (exact) mass is 366 g/mol. The highest BCUT2D eigenvalue weighted by Gasteiger charge is 2.20. The van der Waals surface area contributed by atoms with Gasteiger partial charge in [0.15, 0.2) is 5.16 Å². The summed E-state index contributed by atoms with van der Waals surface area (Å²) in [5.41, 5.74) is 2.16. The Hall–Kier alpha value is -1.53. The molecule has 0 fully saturated rings. The maximum Gasteiger partial charge on any atom is 0.238 e. The molecule has 2 aromatic heterocycles. The molecule has 1 N–H and O–H groups in total. The van der Waals surface area contributed by atoms with E-state index in [1.807, 2.05) is 13.8 Å². The van der Waals surface area contributed by atoms with Gasteiger partial charge < -0.3 is 9.88 Å². The van der Waals surface area contributed by atoms with E-state index >= 15 is 0 Å². The Bertz CT molecular complexity index is 712. The van der Waals surface area contributed by atoms with Crippen molar-refractivity contribution >= 4 is 35.1 Å². The van der Waals surface area contributed by atoms with Gasteiger partial charge in [0, 0.05) is 18.4 Å². The third-order valence-corrected chi connectivity index (χ3v) is 4.91. The van der Waals surface area contributed by atoms with Crippen LogP contribution in [-0.2, 0) is 11.3 Å². The summed E-state index contributed by atoms with van der Waals surface area (Å²) in [6.07, 6.45) is 1.51. The Morgan fingerprint density at radius 3 is 2.62 bits per heavy atom. The second-order valence-electron chi connectivity index (χ2n) is 6.18. The zero-order chi connectivity index (χ0) is 17.9. The highest BCUT2D eigenvalue weighted by atomic mass is 35.5. The first-order valence-corrected chi connectivity index (χ1v) is 9.16. The molecular formula is C17H23ClN4OS. The number of aryl methyl sites for hydroxylation is 1. The Morgan fingerprint density at radius 2 is 2.04 bits per heavy atom. The van der Waals surface area contributed by atoms with Gasteiger partial charge in [-0.2, -0.15) is 0 Å². The van der Waals surface area contributed by atoms with E-state index in [9.17, 15) is 4.79 Å². The average Bonchev–Trinajstić information content (AvgIpc) is 2.76. The Morgan fingerprint density at radius 1 is 1.33 bits per heavy atom. The third-order valence-electron chi connectivity index (χ3n) is 3.60. The predicted molar refractivity (Wildman–Crippen MR) is 99.7 cm³/mol. The molecule has 0 saturated carbocycles. The van der Waals surface area contributed by atoms with Crippen molar-refractivity contribution in [3.8, 4) is 0 Å². The molecule has 0 saturated heterocycles. The second-order valence-corrected chi connectivity index (χ2v) is 7.93. The molecule has 1 atom stereocenters. The number of halogens is 1. The van der Waals surface area contributed by atoms with Crippen LogP contribution in [0.1, 0.15) is 32.2 Å². The molecule has 0 spiro atoms. The van der Waals surface area contributed by atoms with E-state index in [0.29, 0.717) is 16.8 Å². The molecule has 0 radical (unpaired) electrons. The summed E-state index contributed by atoms with van der Waals surface area (Å²) in [5, 5.41) is 3.94. The van der Waals surface area contributed by atoms with Crippen molar-refractivity contribution in [1.82, 2.24) is 14.5 Å². The lowest BCUT2D eigenvalue weighted by atomic mass is 10.2. The van der Waals surface area contributed by atoms with Gasteiger partial charge in [-0.05, 0) is 38.8 Å². The summed E-state index contributed by atoms with van der Waals surface area (Å²) in [5.74, 6) is 0.901. The van der Waals surface area contributed by atoms with Crippen molar-refractivity contribution in [2.45, 2.75) is 51.6 Å². The van der Waals surface area contributed by atoms with Crippen molar-refractivity contribution in [3.05, 3.63) is 34.7 Å². The number of carbonyl (C=O) groups is 1. The molecule has 2 aromatic rings. The Labute approximate surface area is 152 Å². The van der Waals surface area contributed by atoms with Crippen LogP contribution in [0.25, 0.3) is 0 Å². The number of nitrogens with one attached hydrogen (secondary N) is 1. The molecule has 1 amide bonds. The minimum atomic E-state index is -0.283. The maximum absolute atomic E-state index is 12.4. The minimum Gasteiger partial charge on any atom is -0.323 e. The Balaban J connectivity index is 2.08. The third kappa shape index (κ3) is 4.74. The van der Waals surface area contributed by atoms with Crippen LogP contribution in [0.5, 0.6) is 0 Å². The fraction of sp³-hybridized carbons (Fsp3) is 0.471. The average molecular weight is 367 g/mol. The smallest absolute Gasteiger partial charge is 0.238 e. The normalized spacial score (nSPS) is 12.5. The van der Waals surface area contributed by atoms with Crippen molar-refractivity contribution in [3.63, 3.8) is 0 Å². The summed E-state index contributed by atoms with van der Waals surface area (Å²) < 4.78 is 2.19. The number of nitrogens with zero attached hydrogens (tertiary/aromatic N) is 3. The minimum absolute atomic E-state index is 0.107. The first kappa shape index (κ1) is 18.8. The molecule has 2 heterocycles. The van der Waals surface area contributed by atoms with Gasteiger partial charge in [-0.15, -0.1) is 0 Å². The SMILES string of the molecule is Cc1nc(SC(C)C(=O)Nc2ccc(Cl)cn2)n(CC(C)C)c1C. The van der Waals surface area contributed by atoms with Gasteiger partial charge in [0.25, 0.3) is 0 Å². The summed E-state index contributed by atoms with van der Waals surface area (Å²) in [7, 11) is 0. The molecule has 2 rings (SSSR count). The van der Waals surface area contributed by atoms with Gasteiger partial charge in [0.1, 0.15) is 5.82 Å². The zero-order valence-electron chi connectivity index (χ0n) is 14.6. The molecule has 130 valence electrons. The number of aromatic nitrogens is 3. The summed E-state index contributed by atoms with van der Waals surface area (Å²) in [4.78, 5) is 21.1. The number of carbonyl (C=O) groups excluding carboxylic acids is 1. The number of hydrogen-bond acceptors (Lipinski definition) is 4. The van der Waals surface area contributed by atoms with Crippen molar-refractivity contribution < 1.29 is 4.79 Å². The van der Waals surface area contributed by atoms with Crippen LogP contribution in [0.2, 0.25) is 5.02 Å². The molecule has 0 aliphatic heterocycles. The highest BCUT2D eigenvalue weighted by Crippen LogP contribution is 2.26. The first-order chi connectivity index (χ1) is 11.3. The van der Waals surface area contributed by atoms with E-state index in [4.69, 9.17) is 11.6 Å². The van der Waals surface area contributed by atoms with E-state index in [1.165, 1.54) is 18.0 Å². The molecule has 0 bridgehead atoms. The van der Waals surface area contributed by atoms with Crippen LogP contribution in [-0.4, -0.2) is 25.7 Å². The summed E-state index contributed by atoms with van der Waals surface area (Å²) >= 11 is 7.27. The van der Waals surface area contributed by atoms with Gasteiger partial charge in [-0.3, -0.25) is 4.79 Å². The number of imidazole rings is 1. The van der Waals surface area contributed by atoms with E-state index in [-0.39, 0.29) is 11.2 Å². The number of amides is 1. The number of thioether (sulfide) groups is 1. The van der Waals surface area contributed by atoms with E-state index in [1.54, 1.807) is 12.1 Å². The van der Waals surface area contributed by atoms with Crippen molar-refractivity contribution in [1.29, 1.82) is 0 Å². The first-order valence-electron chi connectivity index (χ1n) is 7.90. The topological polar surface area (TPSA) is 59.8 Å². The number of hydrogen-bond donors (Lipinski definition) is 1. The molecule has 24 heavy (non-hydrogen) atoms. The highest BCUT2D eigenvalue weighted by molar-refractivity contribution is 8.00. The zero-order valence-corrected chi connectivity index (χ0v) is 16.2. The Kier molecular flexibility index (Phi) is 6.29. The molecule has 0 aromatic carbocycles. The lowest BCUT2D eigenvalue weighted by Gasteiger charge is -2.15. The van der Waals surface area contributed by atoms with Gasteiger partial charge >= 0.3 is 0 Å². The van der Waals surface area contributed by atoms with Gasteiger partial charge in [0.2, 0.25) is 5.91 Å². The quantitative estimate of drug-likeness (QED) is 0.773. The lowest BCUT2D eigenvalue weighted by Crippen LogP contribution is -2.23. The maximum atomic E-state index is 12.4. The number of rotatable bonds is 6. The van der Waals surface area contributed by atoms with Crippen LogP contribution < -0.4 is 5.32 Å².